The van der Waals surface area contributed by atoms with E-state index in [1.165, 1.54) is 0 Å². The zero-order chi connectivity index (χ0) is 25.4. The summed E-state index contributed by atoms with van der Waals surface area (Å²) in [6, 6.07) is 2.34. The number of alkyl halides is 6. The van der Waals surface area contributed by atoms with E-state index < -0.39 is 50.9 Å². The molecular weight excluding hydrogens is 492 g/mol. The standard InChI is InChI=1S/C20H19F6N3O4S/c21-19(22,23)18(31,20(24,25)26)12-5-7-13(8-6-12)29-17(30)9-16-27-10-15(11-28-16)34(32,33)14-3-1-2-4-14/h5-8,10-11,14,31H,1-4,9H2,(H,29,30). The van der Waals surface area contributed by atoms with E-state index in [1.807, 2.05) is 0 Å². The fraction of sp³-hybridized carbons (Fsp3) is 0.450. The van der Waals surface area contributed by atoms with Gasteiger partial charge in [0, 0.05) is 23.6 Å². The molecule has 0 bridgehead atoms. The van der Waals surface area contributed by atoms with Gasteiger partial charge < -0.3 is 10.4 Å². The van der Waals surface area contributed by atoms with Crippen molar-refractivity contribution in [3.05, 3.63) is 48.0 Å². The van der Waals surface area contributed by atoms with Crippen molar-refractivity contribution in [1.29, 1.82) is 0 Å². The summed E-state index contributed by atoms with van der Waals surface area (Å²) in [5, 5.41) is 11.1. The number of benzene rings is 1. The van der Waals surface area contributed by atoms with Crippen LogP contribution in [0.25, 0.3) is 0 Å². The number of sulfone groups is 1. The number of amides is 1. The summed E-state index contributed by atoms with van der Waals surface area (Å²) in [6.45, 7) is 0. The number of carbonyl (C=O) groups excluding carboxylic acids is 1. The summed E-state index contributed by atoms with van der Waals surface area (Å²) in [6.07, 6.45) is -7.56. The predicted molar refractivity (Wildman–Crippen MR) is 106 cm³/mol. The topological polar surface area (TPSA) is 109 Å². The van der Waals surface area contributed by atoms with Gasteiger partial charge in [0.2, 0.25) is 5.91 Å². The lowest BCUT2D eigenvalue weighted by Gasteiger charge is -2.32. The monoisotopic (exact) mass is 511 g/mol. The van der Waals surface area contributed by atoms with Gasteiger partial charge in [-0.1, -0.05) is 25.0 Å². The first-order valence-corrected chi connectivity index (χ1v) is 11.5. The number of nitrogens with zero attached hydrogens (tertiary/aromatic N) is 2. The Labute approximate surface area is 190 Å². The Hall–Kier alpha value is -2.74. The second-order valence-corrected chi connectivity index (χ2v) is 10.0. The third-order valence-electron chi connectivity index (χ3n) is 5.48. The van der Waals surface area contributed by atoms with Crippen LogP contribution in [0.5, 0.6) is 0 Å². The molecule has 0 saturated heterocycles. The molecular formula is C20H19F6N3O4S. The second kappa shape index (κ2) is 9.13. The molecule has 2 aromatic rings. The van der Waals surface area contributed by atoms with Crippen LogP contribution in [0.1, 0.15) is 37.1 Å². The molecule has 0 unspecified atom stereocenters. The molecule has 1 aliphatic rings. The minimum atomic E-state index is -6.02. The average Bonchev–Trinajstić information content (AvgIpc) is 3.28. The van der Waals surface area contributed by atoms with Crippen LogP contribution in [0.15, 0.2) is 41.6 Å². The van der Waals surface area contributed by atoms with Gasteiger partial charge in [-0.3, -0.25) is 4.79 Å². The molecule has 1 aromatic carbocycles. The minimum Gasteiger partial charge on any atom is -0.369 e. The summed E-state index contributed by atoms with van der Waals surface area (Å²) < 4.78 is 103. The third kappa shape index (κ3) is 5.02. The minimum absolute atomic E-state index is 0.0389. The van der Waals surface area contributed by atoms with Crippen LogP contribution in [0, 0.1) is 0 Å². The number of aromatic nitrogens is 2. The van der Waals surface area contributed by atoms with E-state index in [9.17, 15) is 44.7 Å². The Morgan fingerprint density at radius 3 is 1.94 bits per heavy atom. The number of nitrogens with one attached hydrogen (secondary N) is 1. The number of hydrogen-bond donors (Lipinski definition) is 2. The van der Waals surface area contributed by atoms with Gasteiger partial charge in [0.1, 0.15) is 10.7 Å². The van der Waals surface area contributed by atoms with Crippen molar-refractivity contribution >= 4 is 21.4 Å². The largest absolute Gasteiger partial charge is 0.430 e. The van der Waals surface area contributed by atoms with Crippen molar-refractivity contribution in [2.24, 2.45) is 0 Å². The van der Waals surface area contributed by atoms with Crippen LogP contribution >= 0.6 is 0 Å². The molecule has 1 heterocycles. The molecule has 14 heteroatoms. The van der Waals surface area contributed by atoms with Gasteiger partial charge in [-0.05, 0) is 25.0 Å². The number of anilines is 1. The third-order valence-corrected chi connectivity index (χ3v) is 7.69. The van der Waals surface area contributed by atoms with E-state index in [2.05, 4.69) is 15.3 Å². The summed E-state index contributed by atoms with van der Waals surface area (Å²) in [7, 11) is -3.58. The maximum Gasteiger partial charge on any atom is 0.430 e. The molecule has 1 aliphatic carbocycles. The SMILES string of the molecule is O=C(Cc1ncc(S(=O)(=O)C2CCCC2)cn1)Nc1ccc(C(O)(C(F)(F)F)C(F)(F)F)cc1. The Balaban J connectivity index is 1.67. The number of rotatable bonds is 6. The van der Waals surface area contributed by atoms with Gasteiger partial charge in [0.25, 0.3) is 5.60 Å². The summed E-state index contributed by atoms with van der Waals surface area (Å²) >= 11 is 0. The Morgan fingerprint density at radius 1 is 0.971 bits per heavy atom. The van der Waals surface area contributed by atoms with Crippen LogP contribution in [0.3, 0.4) is 0 Å². The first kappa shape index (κ1) is 25.9. The van der Waals surface area contributed by atoms with E-state index >= 15 is 0 Å². The highest BCUT2D eigenvalue weighted by Crippen LogP contribution is 2.50. The van der Waals surface area contributed by atoms with Crippen molar-refractivity contribution in [3.63, 3.8) is 0 Å². The lowest BCUT2D eigenvalue weighted by molar-refractivity contribution is -0.376. The van der Waals surface area contributed by atoms with E-state index in [-0.39, 0.29) is 16.4 Å². The van der Waals surface area contributed by atoms with E-state index in [4.69, 9.17) is 0 Å². The van der Waals surface area contributed by atoms with Gasteiger partial charge in [0.15, 0.2) is 9.84 Å². The molecule has 1 saturated carbocycles. The van der Waals surface area contributed by atoms with Crippen LogP contribution in [-0.4, -0.2) is 47.0 Å². The molecule has 0 spiro atoms. The Bertz CT molecular complexity index is 1110. The normalized spacial score (nSPS) is 16.0. The smallest absolute Gasteiger partial charge is 0.369 e. The van der Waals surface area contributed by atoms with Gasteiger partial charge in [-0.15, -0.1) is 0 Å². The van der Waals surface area contributed by atoms with Crippen molar-refractivity contribution in [1.82, 2.24) is 9.97 Å². The molecule has 1 aromatic heterocycles. The summed E-state index contributed by atoms with van der Waals surface area (Å²) in [5.74, 6) is -0.788. The summed E-state index contributed by atoms with van der Waals surface area (Å²) in [5.41, 5.74) is -6.68. The van der Waals surface area contributed by atoms with E-state index in [1.54, 1.807) is 0 Å². The van der Waals surface area contributed by atoms with Crippen molar-refractivity contribution in [2.75, 3.05) is 5.32 Å². The molecule has 0 atom stereocenters. The lowest BCUT2D eigenvalue weighted by atomic mass is 9.92. The van der Waals surface area contributed by atoms with Gasteiger partial charge >= 0.3 is 12.4 Å². The van der Waals surface area contributed by atoms with Gasteiger partial charge in [-0.2, -0.15) is 26.3 Å². The van der Waals surface area contributed by atoms with Crippen LogP contribution < -0.4 is 5.32 Å². The van der Waals surface area contributed by atoms with Crippen LogP contribution in [-0.2, 0) is 26.7 Å². The molecule has 0 aliphatic heterocycles. The van der Waals surface area contributed by atoms with Crippen LogP contribution in [0.4, 0.5) is 32.0 Å². The molecule has 34 heavy (non-hydrogen) atoms. The van der Waals surface area contributed by atoms with Crippen LogP contribution in [0.2, 0.25) is 0 Å². The number of halogens is 6. The molecule has 7 nitrogen and oxygen atoms in total. The first-order chi connectivity index (χ1) is 15.7. The number of hydrogen-bond acceptors (Lipinski definition) is 6. The fourth-order valence-electron chi connectivity index (χ4n) is 3.60. The fourth-order valence-corrected chi connectivity index (χ4v) is 5.34. The summed E-state index contributed by atoms with van der Waals surface area (Å²) in [4.78, 5) is 19.8. The first-order valence-electron chi connectivity index (χ1n) is 9.97. The average molecular weight is 511 g/mol. The van der Waals surface area contributed by atoms with Gasteiger partial charge in [-0.25, -0.2) is 18.4 Å². The van der Waals surface area contributed by atoms with Crippen molar-refractivity contribution < 1.29 is 44.7 Å². The maximum atomic E-state index is 12.9. The Morgan fingerprint density at radius 2 is 1.47 bits per heavy atom. The number of aliphatic hydroxyl groups is 1. The molecule has 0 radical (unpaired) electrons. The zero-order valence-electron chi connectivity index (χ0n) is 17.3. The zero-order valence-corrected chi connectivity index (χ0v) is 18.1. The number of carbonyl (C=O) groups is 1. The van der Waals surface area contributed by atoms with E-state index in [0.29, 0.717) is 25.0 Å². The predicted octanol–water partition coefficient (Wildman–Crippen LogP) is 3.69. The second-order valence-electron chi connectivity index (χ2n) is 7.79. The van der Waals surface area contributed by atoms with E-state index in [0.717, 1.165) is 37.4 Å². The van der Waals surface area contributed by atoms with Gasteiger partial charge in [0.05, 0.1) is 11.7 Å². The van der Waals surface area contributed by atoms with Crippen molar-refractivity contribution in [2.45, 2.75) is 60.2 Å². The highest BCUT2D eigenvalue weighted by atomic mass is 32.2. The lowest BCUT2D eigenvalue weighted by Crippen LogP contribution is -2.53. The Kier molecular flexibility index (Phi) is 6.95. The molecule has 186 valence electrons. The maximum absolute atomic E-state index is 12.9. The quantitative estimate of drug-likeness (QED) is 0.573. The molecule has 1 amide bonds. The van der Waals surface area contributed by atoms with Crippen molar-refractivity contribution in [3.8, 4) is 0 Å². The molecule has 3 rings (SSSR count). The highest BCUT2D eigenvalue weighted by Gasteiger charge is 2.71. The molecule has 2 N–H and O–H groups in total. The molecule has 1 fully saturated rings. The highest BCUT2D eigenvalue weighted by molar-refractivity contribution is 7.92.